The van der Waals surface area contributed by atoms with Gasteiger partial charge in [0.2, 0.25) is 0 Å². The van der Waals surface area contributed by atoms with Gasteiger partial charge in [-0.15, -0.1) is 0 Å². The van der Waals surface area contributed by atoms with Gasteiger partial charge >= 0.3 is 0 Å². The highest BCUT2D eigenvalue weighted by atomic mass is 16.6. The second kappa shape index (κ2) is 11.1. The standard InChI is InChI=1S/C29H32O2/c30-27(25-20-11-6-12-21-25)29-28(31-29)26-22-14-13-19-24(26)18-10-4-2-1-3-7-15-23-16-8-5-9-17-23/h5-6,8-9,11-14,16-17,19-22,28-29H,1-4,7,10,15,18H2/t28-,29-/m0/s1. The maximum atomic E-state index is 12.7. The molecule has 1 saturated heterocycles. The molecule has 3 aromatic rings. The Morgan fingerprint density at radius 2 is 1.23 bits per heavy atom. The van der Waals surface area contributed by atoms with E-state index < -0.39 is 0 Å². The Morgan fingerprint density at radius 1 is 0.645 bits per heavy atom. The number of carbonyl (C=O) groups excluding carboxylic acids is 1. The van der Waals surface area contributed by atoms with E-state index >= 15 is 0 Å². The van der Waals surface area contributed by atoms with E-state index in [0.717, 1.165) is 12.0 Å². The van der Waals surface area contributed by atoms with Crippen LogP contribution in [-0.4, -0.2) is 11.9 Å². The van der Waals surface area contributed by atoms with Crippen molar-refractivity contribution in [2.75, 3.05) is 0 Å². The summed E-state index contributed by atoms with van der Waals surface area (Å²) < 4.78 is 5.82. The average molecular weight is 413 g/mol. The number of ketones is 1. The summed E-state index contributed by atoms with van der Waals surface area (Å²) in [6.07, 6.45) is 9.50. The third-order valence-electron chi connectivity index (χ3n) is 6.17. The number of benzene rings is 3. The summed E-state index contributed by atoms with van der Waals surface area (Å²) in [6, 6.07) is 28.7. The maximum absolute atomic E-state index is 12.7. The highest BCUT2D eigenvalue weighted by Gasteiger charge is 2.46. The van der Waals surface area contributed by atoms with Crippen molar-refractivity contribution in [2.45, 2.75) is 63.6 Å². The van der Waals surface area contributed by atoms with Gasteiger partial charge in [0.15, 0.2) is 11.9 Å². The Labute approximate surface area is 186 Å². The van der Waals surface area contributed by atoms with E-state index in [1.54, 1.807) is 0 Å². The highest BCUT2D eigenvalue weighted by molar-refractivity contribution is 6.01. The Balaban J connectivity index is 1.17. The Kier molecular flexibility index (Phi) is 7.68. The fraction of sp³-hybridized carbons (Fsp3) is 0.345. The highest BCUT2D eigenvalue weighted by Crippen LogP contribution is 2.42. The number of ether oxygens (including phenoxy) is 1. The van der Waals surface area contributed by atoms with Gasteiger partial charge in [-0.05, 0) is 42.4 Å². The first-order chi connectivity index (χ1) is 15.3. The minimum Gasteiger partial charge on any atom is -0.356 e. The molecule has 2 atom stereocenters. The molecular weight excluding hydrogens is 380 g/mol. The molecule has 0 aliphatic carbocycles. The van der Waals surface area contributed by atoms with Gasteiger partial charge in [-0.3, -0.25) is 4.79 Å². The first kappa shape index (κ1) is 21.5. The molecular formula is C29H32O2. The fourth-order valence-electron chi connectivity index (χ4n) is 4.35. The van der Waals surface area contributed by atoms with Crippen LogP contribution in [0.15, 0.2) is 84.9 Å². The minimum atomic E-state index is -0.326. The van der Waals surface area contributed by atoms with Crippen LogP contribution in [0.25, 0.3) is 0 Å². The lowest BCUT2D eigenvalue weighted by Gasteiger charge is -2.08. The van der Waals surface area contributed by atoms with Gasteiger partial charge < -0.3 is 4.74 Å². The lowest BCUT2D eigenvalue weighted by atomic mass is 9.95. The van der Waals surface area contributed by atoms with E-state index in [2.05, 4.69) is 54.6 Å². The van der Waals surface area contributed by atoms with Crippen LogP contribution in [0.5, 0.6) is 0 Å². The number of rotatable bonds is 12. The van der Waals surface area contributed by atoms with Crippen LogP contribution >= 0.6 is 0 Å². The zero-order chi connectivity index (χ0) is 21.3. The molecule has 0 N–H and O–H groups in total. The second-order valence-electron chi connectivity index (χ2n) is 8.51. The first-order valence-corrected chi connectivity index (χ1v) is 11.7. The number of aryl methyl sites for hydroxylation is 2. The Hall–Kier alpha value is -2.71. The molecule has 31 heavy (non-hydrogen) atoms. The molecule has 2 heteroatoms. The van der Waals surface area contributed by atoms with E-state index in [1.807, 2.05) is 30.3 Å². The summed E-state index contributed by atoms with van der Waals surface area (Å²) >= 11 is 0. The van der Waals surface area contributed by atoms with Gasteiger partial charge in [-0.1, -0.05) is 111 Å². The SMILES string of the molecule is O=C(c1ccccc1)[C@@H]1O[C@H]1c1ccccc1CCCCCCCCc1ccccc1. The average Bonchev–Trinajstić information content (AvgIpc) is 3.62. The molecule has 0 radical (unpaired) electrons. The zero-order valence-corrected chi connectivity index (χ0v) is 18.2. The van der Waals surface area contributed by atoms with Gasteiger partial charge in [0.05, 0.1) is 0 Å². The Morgan fingerprint density at radius 3 is 1.97 bits per heavy atom. The largest absolute Gasteiger partial charge is 0.356 e. The van der Waals surface area contributed by atoms with E-state index in [-0.39, 0.29) is 18.0 Å². The van der Waals surface area contributed by atoms with Gasteiger partial charge in [0, 0.05) is 5.56 Å². The van der Waals surface area contributed by atoms with Crippen LogP contribution in [0, 0.1) is 0 Å². The van der Waals surface area contributed by atoms with Crippen LogP contribution in [0.3, 0.4) is 0 Å². The predicted molar refractivity (Wildman–Crippen MR) is 126 cm³/mol. The van der Waals surface area contributed by atoms with Crippen molar-refractivity contribution in [1.29, 1.82) is 0 Å². The van der Waals surface area contributed by atoms with Crippen molar-refractivity contribution in [3.63, 3.8) is 0 Å². The molecule has 0 unspecified atom stereocenters. The van der Waals surface area contributed by atoms with Crippen molar-refractivity contribution >= 4 is 5.78 Å². The Bertz CT molecular complexity index is 949. The van der Waals surface area contributed by atoms with Gasteiger partial charge in [-0.2, -0.15) is 0 Å². The molecule has 1 aliphatic rings. The van der Waals surface area contributed by atoms with Crippen LogP contribution in [0.2, 0.25) is 0 Å². The lowest BCUT2D eigenvalue weighted by molar-refractivity contribution is 0.0953. The van der Waals surface area contributed by atoms with E-state index in [1.165, 1.54) is 61.6 Å². The molecule has 4 rings (SSSR count). The molecule has 1 heterocycles. The molecule has 0 aromatic heterocycles. The van der Waals surface area contributed by atoms with Crippen LogP contribution in [-0.2, 0) is 17.6 Å². The minimum absolute atomic E-state index is 0.0816. The number of hydrogen-bond acceptors (Lipinski definition) is 2. The molecule has 0 spiro atoms. The van der Waals surface area contributed by atoms with Crippen LogP contribution in [0.4, 0.5) is 0 Å². The number of hydrogen-bond donors (Lipinski definition) is 0. The first-order valence-electron chi connectivity index (χ1n) is 11.7. The van der Waals surface area contributed by atoms with Crippen molar-refractivity contribution < 1.29 is 9.53 Å². The number of unbranched alkanes of at least 4 members (excludes halogenated alkanes) is 5. The number of epoxide rings is 1. The molecule has 0 bridgehead atoms. The summed E-state index contributed by atoms with van der Waals surface area (Å²) in [7, 11) is 0. The topological polar surface area (TPSA) is 29.6 Å². The van der Waals surface area contributed by atoms with Crippen molar-refractivity contribution in [3.05, 3.63) is 107 Å². The molecule has 1 aliphatic heterocycles. The van der Waals surface area contributed by atoms with Crippen LogP contribution in [0.1, 0.15) is 71.7 Å². The van der Waals surface area contributed by atoms with Gasteiger partial charge in [0.25, 0.3) is 0 Å². The van der Waals surface area contributed by atoms with Crippen molar-refractivity contribution in [3.8, 4) is 0 Å². The summed E-state index contributed by atoms with van der Waals surface area (Å²) in [5, 5.41) is 0. The summed E-state index contributed by atoms with van der Waals surface area (Å²) in [5.41, 5.74) is 4.71. The summed E-state index contributed by atoms with van der Waals surface area (Å²) in [4.78, 5) is 12.7. The van der Waals surface area contributed by atoms with Crippen molar-refractivity contribution in [2.24, 2.45) is 0 Å². The van der Waals surface area contributed by atoms with Crippen molar-refractivity contribution in [1.82, 2.24) is 0 Å². The number of carbonyl (C=O) groups is 1. The molecule has 3 aromatic carbocycles. The van der Waals surface area contributed by atoms with Crippen LogP contribution < -0.4 is 0 Å². The monoisotopic (exact) mass is 412 g/mol. The van der Waals surface area contributed by atoms with Gasteiger partial charge in [0.1, 0.15) is 6.10 Å². The third-order valence-corrected chi connectivity index (χ3v) is 6.17. The van der Waals surface area contributed by atoms with E-state index in [0.29, 0.717) is 0 Å². The van der Waals surface area contributed by atoms with Gasteiger partial charge in [-0.25, -0.2) is 0 Å². The summed E-state index contributed by atoms with van der Waals surface area (Å²) in [5.74, 6) is 0.0934. The molecule has 0 saturated carbocycles. The maximum Gasteiger partial charge on any atom is 0.194 e. The predicted octanol–water partition coefficient (Wildman–Crippen LogP) is 7.14. The number of Topliss-reactive ketones (excluding diaryl/α,β-unsaturated/α-hetero) is 1. The quantitative estimate of drug-likeness (QED) is 0.180. The molecule has 160 valence electrons. The fourth-order valence-corrected chi connectivity index (χ4v) is 4.35. The normalized spacial score (nSPS) is 17.4. The second-order valence-corrected chi connectivity index (χ2v) is 8.51. The molecule has 1 fully saturated rings. The van der Waals surface area contributed by atoms with E-state index in [9.17, 15) is 4.79 Å². The molecule has 0 amide bonds. The molecule has 2 nitrogen and oxygen atoms in total. The third kappa shape index (κ3) is 6.15. The lowest BCUT2D eigenvalue weighted by Crippen LogP contribution is -2.08. The van der Waals surface area contributed by atoms with E-state index in [4.69, 9.17) is 4.74 Å². The summed E-state index contributed by atoms with van der Waals surface area (Å²) in [6.45, 7) is 0. The zero-order valence-electron chi connectivity index (χ0n) is 18.2. The smallest absolute Gasteiger partial charge is 0.194 e.